The van der Waals surface area contributed by atoms with Crippen LogP contribution in [0.3, 0.4) is 0 Å². The van der Waals surface area contributed by atoms with Crippen LogP contribution >= 0.6 is 11.6 Å². The lowest BCUT2D eigenvalue weighted by Gasteiger charge is -2.38. The van der Waals surface area contributed by atoms with Gasteiger partial charge in [0.2, 0.25) is 0 Å². The molecule has 0 N–H and O–H groups in total. The standard InChI is InChI=1S/C20H16ClN/c1-22-19-9-5-4-7-17(19)16-6-2-3-8-18(16)20(22)14-10-12-15(21)13-11-14/h2-13,20H,1H3. The van der Waals surface area contributed by atoms with E-state index in [1.54, 1.807) is 0 Å². The molecule has 0 saturated carbocycles. The second kappa shape index (κ2) is 5.19. The predicted molar refractivity (Wildman–Crippen MR) is 93.6 cm³/mol. The van der Waals surface area contributed by atoms with Gasteiger partial charge in [0.25, 0.3) is 0 Å². The summed E-state index contributed by atoms with van der Waals surface area (Å²) in [6, 6.07) is 25.6. The van der Waals surface area contributed by atoms with Gasteiger partial charge in [-0.15, -0.1) is 0 Å². The number of halogens is 1. The summed E-state index contributed by atoms with van der Waals surface area (Å²) in [6.07, 6.45) is 0. The summed E-state index contributed by atoms with van der Waals surface area (Å²) in [6.45, 7) is 0. The van der Waals surface area contributed by atoms with Crippen molar-refractivity contribution in [3.8, 4) is 11.1 Å². The molecular weight excluding hydrogens is 290 g/mol. The Balaban J connectivity index is 1.95. The molecule has 0 aliphatic carbocycles. The van der Waals surface area contributed by atoms with Crippen LogP contribution in [0.15, 0.2) is 72.8 Å². The maximum absolute atomic E-state index is 6.05. The van der Waals surface area contributed by atoms with Gasteiger partial charge in [0, 0.05) is 23.3 Å². The second-order valence-electron chi connectivity index (χ2n) is 5.67. The average molecular weight is 306 g/mol. The molecule has 1 aliphatic heterocycles. The molecule has 3 aromatic carbocycles. The SMILES string of the molecule is CN1c2ccccc2-c2ccccc2C1c1ccc(Cl)cc1. The van der Waals surface area contributed by atoms with Gasteiger partial charge >= 0.3 is 0 Å². The van der Waals surface area contributed by atoms with Crippen molar-refractivity contribution < 1.29 is 0 Å². The first kappa shape index (κ1) is 13.4. The van der Waals surface area contributed by atoms with Crippen LogP contribution in [0.5, 0.6) is 0 Å². The molecule has 0 spiro atoms. The maximum atomic E-state index is 6.05. The minimum atomic E-state index is 0.211. The lowest BCUT2D eigenvalue weighted by Crippen LogP contribution is -2.29. The lowest BCUT2D eigenvalue weighted by molar-refractivity contribution is 0.774. The second-order valence-corrected chi connectivity index (χ2v) is 6.11. The Hall–Kier alpha value is -2.25. The van der Waals surface area contributed by atoms with E-state index in [4.69, 9.17) is 11.6 Å². The first-order chi connectivity index (χ1) is 10.8. The maximum Gasteiger partial charge on any atom is 0.0798 e. The van der Waals surface area contributed by atoms with Gasteiger partial charge in [0.1, 0.15) is 0 Å². The number of benzene rings is 3. The van der Waals surface area contributed by atoms with Gasteiger partial charge in [-0.3, -0.25) is 0 Å². The third kappa shape index (κ3) is 2.01. The summed E-state index contributed by atoms with van der Waals surface area (Å²) < 4.78 is 0. The Morgan fingerprint density at radius 3 is 2.18 bits per heavy atom. The molecule has 1 unspecified atom stereocenters. The molecule has 4 rings (SSSR count). The lowest BCUT2D eigenvalue weighted by atomic mass is 9.85. The Morgan fingerprint density at radius 2 is 1.41 bits per heavy atom. The molecule has 2 heteroatoms. The van der Waals surface area contributed by atoms with Gasteiger partial charge in [-0.05, 0) is 34.9 Å². The van der Waals surface area contributed by atoms with Gasteiger partial charge in [-0.25, -0.2) is 0 Å². The Kier molecular flexibility index (Phi) is 3.16. The zero-order chi connectivity index (χ0) is 15.1. The van der Waals surface area contributed by atoms with Crippen molar-refractivity contribution in [3.05, 3.63) is 88.9 Å². The molecule has 1 atom stereocenters. The largest absolute Gasteiger partial charge is 0.363 e. The average Bonchev–Trinajstić information content (AvgIpc) is 2.57. The summed E-state index contributed by atoms with van der Waals surface area (Å²) in [5.41, 5.74) is 6.47. The number of hydrogen-bond donors (Lipinski definition) is 0. The van der Waals surface area contributed by atoms with Crippen molar-refractivity contribution in [2.75, 3.05) is 11.9 Å². The van der Waals surface area contributed by atoms with Crippen LogP contribution in [0.1, 0.15) is 17.2 Å². The van der Waals surface area contributed by atoms with Gasteiger partial charge in [0.15, 0.2) is 0 Å². The predicted octanol–water partition coefficient (Wildman–Crippen LogP) is 5.55. The summed E-state index contributed by atoms with van der Waals surface area (Å²) >= 11 is 6.05. The third-order valence-corrected chi connectivity index (χ3v) is 4.65. The minimum Gasteiger partial charge on any atom is -0.363 e. The van der Waals surface area contributed by atoms with Crippen molar-refractivity contribution in [1.29, 1.82) is 0 Å². The van der Waals surface area contributed by atoms with Crippen molar-refractivity contribution in [3.63, 3.8) is 0 Å². The molecule has 1 heterocycles. The van der Waals surface area contributed by atoms with Gasteiger partial charge < -0.3 is 4.90 Å². The topological polar surface area (TPSA) is 3.24 Å². The van der Waals surface area contributed by atoms with E-state index in [-0.39, 0.29) is 6.04 Å². The van der Waals surface area contributed by atoms with Crippen LogP contribution in [0, 0.1) is 0 Å². The molecule has 1 nitrogen and oxygen atoms in total. The van der Waals surface area contributed by atoms with Crippen molar-refractivity contribution in [2.24, 2.45) is 0 Å². The highest BCUT2D eigenvalue weighted by Crippen LogP contribution is 2.46. The van der Waals surface area contributed by atoms with E-state index in [2.05, 4.69) is 72.6 Å². The Labute approximate surface area is 135 Å². The molecule has 22 heavy (non-hydrogen) atoms. The Morgan fingerprint density at radius 1 is 0.773 bits per heavy atom. The summed E-state index contributed by atoms with van der Waals surface area (Å²) in [5.74, 6) is 0. The first-order valence-electron chi connectivity index (χ1n) is 7.42. The smallest absolute Gasteiger partial charge is 0.0798 e. The number of hydrogen-bond acceptors (Lipinski definition) is 1. The monoisotopic (exact) mass is 305 g/mol. The van der Waals surface area contributed by atoms with Crippen molar-refractivity contribution in [1.82, 2.24) is 0 Å². The molecule has 0 fully saturated rings. The molecular formula is C20H16ClN. The fourth-order valence-electron chi connectivity index (χ4n) is 3.39. The number of para-hydroxylation sites is 1. The zero-order valence-electron chi connectivity index (χ0n) is 12.3. The van der Waals surface area contributed by atoms with Crippen LogP contribution in [0.2, 0.25) is 5.02 Å². The fraction of sp³-hybridized carbons (Fsp3) is 0.100. The first-order valence-corrected chi connectivity index (χ1v) is 7.80. The van der Waals surface area contributed by atoms with Gasteiger partial charge in [0.05, 0.1) is 6.04 Å². The summed E-state index contributed by atoms with van der Waals surface area (Å²) in [4.78, 5) is 2.35. The number of anilines is 1. The molecule has 1 aliphatic rings. The van der Waals surface area contributed by atoms with Crippen molar-refractivity contribution >= 4 is 17.3 Å². The van der Waals surface area contributed by atoms with Crippen LogP contribution < -0.4 is 4.90 Å². The summed E-state index contributed by atoms with van der Waals surface area (Å²) in [7, 11) is 2.16. The highest BCUT2D eigenvalue weighted by molar-refractivity contribution is 6.30. The summed E-state index contributed by atoms with van der Waals surface area (Å²) in [5, 5.41) is 0.774. The number of rotatable bonds is 1. The molecule has 0 aromatic heterocycles. The number of fused-ring (bicyclic) bond motifs is 3. The van der Waals surface area contributed by atoms with Crippen LogP contribution in [-0.4, -0.2) is 7.05 Å². The van der Waals surface area contributed by atoms with Crippen LogP contribution in [-0.2, 0) is 0 Å². The third-order valence-electron chi connectivity index (χ3n) is 4.40. The molecule has 0 amide bonds. The minimum absolute atomic E-state index is 0.211. The number of nitrogens with zero attached hydrogens (tertiary/aromatic N) is 1. The molecule has 0 bridgehead atoms. The van der Waals surface area contributed by atoms with Crippen LogP contribution in [0.4, 0.5) is 5.69 Å². The van der Waals surface area contributed by atoms with E-state index in [1.165, 1.54) is 27.9 Å². The molecule has 0 saturated heterocycles. The fourth-order valence-corrected chi connectivity index (χ4v) is 3.51. The van der Waals surface area contributed by atoms with E-state index in [0.29, 0.717) is 0 Å². The van der Waals surface area contributed by atoms with E-state index in [1.807, 2.05) is 12.1 Å². The highest BCUT2D eigenvalue weighted by atomic mass is 35.5. The van der Waals surface area contributed by atoms with E-state index in [9.17, 15) is 0 Å². The van der Waals surface area contributed by atoms with E-state index in [0.717, 1.165) is 5.02 Å². The van der Waals surface area contributed by atoms with E-state index >= 15 is 0 Å². The molecule has 0 radical (unpaired) electrons. The zero-order valence-corrected chi connectivity index (χ0v) is 13.1. The normalized spacial score (nSPS) is 16.1. The molecule has 108 valence electrons. The van der Waals surface area contributed by atoms with E-state index < -0.39 is 0 Å². The van der Waals surface area contributed by atoms with Gasteiger partial charge in [-0.1, -0.05) is 66.2 Å². The van der Waals surface area contributed by atoms with Crippen LogP contribution in [0.25, 0.3) is 11.1 Å². The molecule has 3 aromatic rings. The quantitative estimate of drug-likeness (QED) is 0.570. The van der Waals surface area contributed by atoms with Gasteiger partial charge in [-0.2, -0.15) is 0 Å². The highest BCUT2D eigenvalue weighted by Gasteiger charge is 2.29. The van der Waals surface area contributed by atoms with Crippen molar-refractivity contribution in [2.45, 2.75) is 6.04 Å². The Bertz CT molecular complexity index is 823.